The van der Waals surface area contributed by atoms with E-state index < -0.39 is 24.1 Å². The first-order valence-electron chi connectivity index (χ1n) is 7.25. The number of benzene rings is 1. The van der Waals surface area contributed by atoms with Gasteiger partial charge >= 0.3 is 0 Å². The summed E-state index contributed by atoms with van der Waals surface area (Å²) in [6, 6.07) is 3.90. The number of carbonyl (C=O) groups is 3. The lowest BCUT2D eigenvalue weighted by molar-refractivity contribution is -0.139. The number of rotatable bonds is 4. The standard InChI is InChI=1S/C16H16N2O5/c1-2-7-23-9-3-4-10-11(8-9)16(22)18(15(10)21)12-5-6-13(19)17-14(12)20/h2-4,8,12,16,22H,1,5-7H2,(H,17,19,20). The van der Waals surface area contributed by atoms with Gasteiger partial charge in [-0.05, 0) is 24.6 Å². The Morgan fingerprint density at radius 2 is 2.17 bits per heavy atom. The van der Waals surface area contributed by atoms with E-state index in [9.17, 15) is 19.5 Å². The molecule has 23 heavy (non-hydrogen) atoms. The summed E-state index contributed by atoms with van der Waals surface area (Å²) in [6.07, 6.45) is 0.677. The second-order valence-corrected chi connectivity index (χ2v) is 5.40. The van der Waals surface area contributed by atoms with Crippen molar-refractivity contribution in [2.45, 2.75) is 25.1 Å². The average Bonchev–Trinajstić information content (AvgIpc) is 2.77. The zero-order chi connectivity index (χ0) is 16.6. The Morgan fingerprint density at radius 1 is 1.39 bits per heavy atom. The average molecular weight is 316 g/mol. The van der Waals surface area contributed by atoms with Crippen molar-refractivity contribution < 1.29 is 24.2 Å². The Kier molecular flexibility index (Phi) is 3.87. The molecule has 7 heteroatoms. The van der Waals surface area contributed by atoms with E-state index in [-0.39, 0.29) is 18.7 Å². The topological polar surface area (TPSA) is 95.9 Å². The third-order valence-electron chi connectivity index (χ3n) is 3.94. The molecule has 2 heterocycles. The smallest absolute Gasteiger partial charge is 0.257 e. The van der Waals surface area contributed by atoms with Crippen LogP contribution in [0, 0.1) is 0 Å². The molecular formula is C16H16N2O5. The molecule has 0 spiro atoms. The van der Waals surface area contributed by atoms with Gasteiger partial charge in [0.05, 0.1) is 0 Å². The maximum absolute atomic E-state index is 12.5. The molecule has 1 fully saturated rings. The maximum atomic E-state index is 12.5. The first-order valence-corrected chi connectivity index (χ1v) is 7.25. The Morgan fingerprint density at radius 3 is 2.87 bits per heavy atom. The molecule has 2 aliphatic rings. The highest BCUT2D eigenvalue weighted by Gasteiger charge is 2.44. The molecule has 2 unspecified atom stereocenters. The molecule has 3 amide bonds. The van der Waals surface area contributed by atoms with Crippen LogP contribution in [0.4, 0.5) is 0 Å². The summed E-state index contributed by atoms with van der Waals surface area (Å²) < 4.78 is 5.40. The summed E-state index contributed by atoms with van der Waals surface area (Å²) in [7, 11) is 0. The molecule has 2 aliphatic heterocycles. The predicted octanol–water partition coefficient (Wildman–Crippen LogP) is 0.503. The fourth-order valence-corrected chi connectivity index (χ4v) is 2.85. The van der Waals surface area contributed by atoms with E-state index in [1.54, 1.807) is 24.3 Å². The van der Waals surface area contributed by atoms with Crippen LogP contribution in [0.3, 0.4) is 0 Å². The minimum Gasteiger partial charge on any atom is -0.490 e. The minimum absolute atomic E-state index is 0.136. The molecule has 0 saturated carbocycles. The van der Waals surface area contributed by atoms with Crippen LogP contribution in [0.1, 0.15) is 35.0 Å². The van der Waals surface area contributed by atoms with Gasteiger partial charge in [-0.2, -0.15) is 0 Å². The molecule has 0 aliphatic carbocycles. The molecule has 1 aromatic carbocycles. The number of hydrogen-bond acceptors (Lipinski definition) is 5. The highest BCUT2D eigenvalue weighted by Crippen LogP contribution is 2.37. The van der Waals surface area contributed by atoms with Crippen molar-refractivity contribution in [3.63, 3.8) is 0 Å². The number of piperidine rings is 1. The van der Waals surface area contributed by atoms with Crippen LogP contribution in [0.15, 0.2) is 30.9 Å². The number of ether oxygens (including phenoxy) is 1. The third kappa shape index (κ3) is 2.59. The number of hydrogen-bond donors (Lipinski definition) is 2. The molecule has 120 valence electrons. The summed E-state index contributed by atoms with van der Waals surface area (Å²) in [4.78, 5) is 36.8. The van der Waals surface area contributed by atoms with E-state index in [1.165, 1.54) is 0 Å². The highest BCUT2D eigenvalue weighted by molar-refractivity contribution is 6.05. The van der Waals surface area contributed by atoms with Gasteiger partial charge in [-0.25, -0.2) is 0 Å². The van der Waals surface area contributed by atoms with Crippen molar-refractivity contribution in [3.05, 3.63) is 42.0 Å². The molecule has 1 aromatic rings. The van der Waals surface area contributed by atoms with Crippen molar-refractivity contribution in [2.75, 3.05) is 6.61 Å². The monoisotopic (exact) mass is 316 g/mol. The number of fused-ring (bicyclic) bond motifs is 1. The van der Waals surface area contributed by atoms with Gasteiger partial charge < -0.3 is 9.84 Å². The Balaban J connectivity index is 1.88. The Hall–Kier alpha value is -2.67. The summed E-state index contributed by atoms with van der Waals surface area (Å²) in [5.41, 5.74) is 0.717. The van der Waals surface area contributed by atoms with E-state index in [0.717, 1.165) is 4.90 Å². The lowest BCUT2D eigenvalue weighted by atomic mass is 10.0. The molecule has 7 nitrogen and oxygen atoms in total. The van der Waals surface area contributed by atoms with Gasteiger partial charge in [-0.1, -0.05) is 12.7 Å². The molecule has 0 aromatic heterocycles. The van der Waals surface area contributed by atoms with Crippen LogP contribution >= 0.6 is 0 Å². The van der Waals surface area contributed by atoms with Crippen LogP contribution in [0.5, 0.6) is 5.75 Å². The SMILES string of the molecule is C=CCOc1ccc2c(c1)C(O)N(C1CCC(=O)NC1=O)C2=O. The number of nitrogens with zero attached hydrogens (tertiary/aromatic N) is 1. The van der Waals surface area contributed by atoms with Crippen LogP contribution in [0.2, 0.25) is 0 Å². The fraction of sp³-hybridized carbons (Fsp3) is 0.312. The van der Waals surface area contributed by atoms with Crippen LogP contribution < -0.4 is 10.1 Å². The normalized spacial score (nSPS) is 23.5. The zero-order valence-corrected chi connectivity index (χ0v) is 12.3. The summed E-state index contributed by atoms with van der Waals surface area (Å²) >= 11 is 0. The fourth-order valence-electron chi connectivity index (χ4n) is 2.85. The lowest BCUT2D eigenvalue weighted by Crippen LogP contribution is -2.53. The Bertz CT molecular complexity index is 700. The second-order valence-electron chi connectivity index (χ2n) is 5.40. The lowest BCUT2D eigenvalue weighted by Gasteiger charge is -2.31. The van der Waals surface area contributed by atoms with E-state index in [4.69, 9.17) is 4.74 Å². The highest BCUT2D eigenvalue weighted by atomic mass is 16.5. The molecule has 2 N–H and O–H groups in total. The molecule has 1 saturated heterocycles. The van der Waals surface area contributed by atoms with Crippen LogP contribution in [-0.4, -0.2) is 40.4 Å². The molecule has 0 radical (unpaired) electrons. The first-order chi connectivity index (χ1) is 11.0. The third-order valence-corrected chi connectivity index (χ3v) is 3.94. The van der Waals surface area contributed by atoms with E-state index in [0.29, 0.717) is 23.5 Å². The minimum atomic E-state index is -1.24. The zero-order valence-electron chi connectivity index (χ0n) is 12.3. The first kappa shape index (κ1) is 15.2. The van der Waals surface area contributed by atoms with Gasteiger partial charge in [-0.15, -0.1) is 0 Å². The van der Waals surface area contributed by atoms with Crippen LogP contribution in [-0.2, 0) is 9.59 Å². The second kappa shape index (κ2) is 5.85. The van der Waals surface area contributed by atoms with Crippen molar-refractivity contribution in [2.24, 2.45) is 0 Å². The van der Waals surface area contributed by atoms with E-state index >= 15 is 0 Å². The van der Waals surface area contributed by atoms with Gasteiger partial charge in [-0.3, -0.25) is 24.6 Å². The number of carbonyl (C=O) groups excluding carboxylic acids is 3. The van der Waals surface area contributed by atoms with Gasteiger partial charge in [0.1, 0.15) is 18.4 Å². The number of aliphatic hydroxyl groups excluding tert-OH is 1. The quantitative estimate of drug-likeness (QED) is 0.623. The molecule has 2 atom stereocenters. The summed E-state index contributed by atoms with van der Waals surface area (Å²) in [6.45, 7) is 3.86. The number of amides is 3. The summed E-state index contributed by atoms with van der Waals surface area (Å²) in [5.74, 6) is -0.868. The number of nitrogens with one attached hydrogen (secondary N) is 1. The van der Waals surface area contributed by atoms with Gasteiger partial charge in [0, 0.05) is 17.5 Å². The molecule has 3 rings (SSSR count). The largest absolute Gasteiger partial charge is 0.490 e. The van der Waals surface area contributed by atoms with Gasteiger partial charge in [0.2, 0.25) is 11.8 Å². The van der Waals surface area contributed by atoms with Crippen LogP contribution in [0.25, 0.3) is 0 Å². The number of aliphatic hydroxyl groups is 1. The number of imide groups is 1. The van der Waals surface area contributed by atoms with E-state index in [1.807, 2.05) is 0 Å². The predicted molar refractivity (Wildman–Crippen MR) is 79.4 cm³/mol. The molecular weight excluding hydrogens is 300 g/mol. The maximum Gasteiger partial charge on any atom is 0.257 e. The van der Waals surface area contributed by atoms with Crippen molar-refractivity contribution in [1.29, 1.82) is 0 Å². The van der Waals surface area contributed by atoms with Gasteiger partial charge in [0.25, 0.3) is 5.91 Å². The molecule has 0 bridgehead atoms. The van der Waals surface area contributed by atoms with Crippen molar-refractivity contribution >= 4 is 17.7 Å². The Labute approximate surface area is 132 Å². The van der Waals surface area contributed by atoms with Crippen molar-refractivity contribution in [3.8, 4) is 5.75 Å². The van der Waals surface area contributed by atoms with E-state index in [2.05, 4.69) is 11.9 Å². The summed E-state index contributed by atoms with van der Waals surface area (Å²) in [5, 5.41) is 12.7. The van der Waals surface area contributed by atoms with Gasteiger partial charge in [0.15, 0.2) is 6.23 Å². The van der Waals surface area contributed by atoms with Crippen molar-refractivity contribution in [1.82, 2.24) is 10.2 Å².